The van der Waals surface area contributed by atoms with Gasteiger partial charge in [-0.3, -0.25) is 9.69 Å². The SMILES string of the molecule is COc1ccc(Br)cc1C=CC(=O)N1CCN(Cc2nc3ccccc3s2)CC1. The number of hydrogen-bond donors (Lipinski definition) is 0. The lowest BCUT2D eigenvalue weighted by atomic mass is 10.2. The predicted octanol–water partition coefficient (Wildman–Crippen LogP) is 4.43. The lowest BCUT2D eigenvalue weighted by molar-refractivity contribution is -0.127. The van der Waals surface area contributed by atoms with Gasteiger partial charge in [0.2, 0.25) is 5.91 Å². The molecule has 0 aliphatic carbocycles. The van der Waals surface area contributed by atoms with Crippen molar-refractivity contribution in [2.75, 3.05) is 33.3 Å². The van der Waals surface area contributed by atoms with Crippen LogP contribution >= 0.6 is 27.3 Å². The molecule has 3 aromatic rings. The first kappa shape index (κ1) is 20.1. The van der Waals surface area contributed by atoms with Crippen LogP contribution in [0.5, 0.6) is 5.75 Å². The summed E-state index contributed by atoms with van der Waals surface area (Å²) < 4.78 is 7.54. The third kappa shape index (κ3) is 4.86. The van der Waals surface area contributed by atoms with E-state index in [1.54, 1.807) is 24.5 Å². The van der Waals surface area contributed by atoms with Gasteiger partial charge in [0.05, 0.1) is 23.9 Å². The number of benzene rings is 2. The number of para-hydroxylation sites is 1. The van der Waals surface area contributed by atoms with Gasteiger partial charge in [-0.1, -0.05) is 28.1 Å². The van der Waals surface area contributed by atoms with Crippen molar-refractivity contribution in [1.29, 1.82) is 0 Å². The number of piperazine rings is 1. The number of halogens is 1. The van der Waals surface area contributed by atoms with Crippen LogP contribution in [0.4, 0.5) is 0 Å². The molecule has 1 aromatic heterocycles. The van der Waals surface area contributed by atoms with E-state index >= 15 is 0 Å². The quantitative estimate of drug-likeness (QED) is 0.516. The fraction of sp³-hybridized carbons (Fsp3) is 0.273. The average molecular weight is 472 g/mol. The Morgan fingerprint density at radius 3 is 2.76 bits per heavy atom. The van der Waals surface area contributed by atoms with Gasteiger partial charge in [-0.05, 0) is 36.4 Å². The molecule has 0 spiro atoms. The molecule has 5 nitrogen and oxygen atoms in total. The van der Waals surface area contributed by atoms with Crippen molar-refractivity contribution in [3.8, 4) is 5.75 Å². The number of thiazole rings is 1. The van der Waals surface area contributed by atoms with Gasteiger partial charge in [0.1, 0.15) is 10.8 Å². The van der Waals surface area contributed by atoms with Gasteiger partial charge in [-0.2, -0.15) is 0 Å². The first-order valence-electron chi connectivity index (χ1n) is 9.50. The summed E-state index contributed by atoms with van der Waals surface area (Å²) in [4.78, 5) is 21.6. The molecule has 0 unspecified atom stereocenters. The molecule has 0 saturated carbocycles. The summed E-state index contributed by atoms with van der Waals surface area (Å²) in [5, 5.41) is 1.13. The van der Waals surface area contributed by atoms with Crippen LogP contribution in [0.25, 0.3) is 16.3 Å². The third-order valence-electron chi connectivity index (χ3n) is 4.98. The zero-order valence-corrected chi connectivity index (χ0v) is 18.6. The molecule has 0 N–H and O–H groups in total. The molecule has 150 valence electrons. The van der Waals surface area contributed by atoms with Gasteiger partial charge in [0.15, 0.2) is 0 Å². The van der Waals surface area contributed by atoms with Crippen LogP contribution in [-0.4, -0.2) is 54.0 Å². The largest absolute Gasteiger partial charge is 0.496 e. The van der Waals surface area contributed by atoms with Crippen molar-refractivity contribution >= 4 is 49.5 Å². The summed E-state index contributed by atoms with van der Waals surface area (Å²) in [6, 6.07) is 14.0. The Balaban J connectivity index is 1.33. The van der Waals surface area contributed by atoms with E-state index in [0.29, 0.717) is 0 Å². The van der Waals surface area contributed by atoms with Crippen molar-refractivity contribution in [3.05, 3.63) is 63.6 Å². The van der Waals surface area contributed by atoms with Gasteiger partial charge in [0.25, 0.3) is 0 Å². The molecule has 1 amide bonds. The van der Waals surface area contributed by atoms with Crippen molar-refractivity contribution < 1.29 is 9.53 Å². The fourth-order valence-electron chi connectivity index (χ4n) is 3.41. The summed E-state index contributed by atoms with van der Waals surface area (Å²) in [7, 11) is 1.63. The van der Waals surface area contributed by atoms with E-state index in [2.05, 4.69) is 33.0 Å². The standard InChI is InChI=1S/C22H22BrN3O2S/c1-28-19-8-7-17(23)14-16(19)6-9-22(27)26-12-10-25(11-13-26)15-21-24-18-4-2-3-5-20(18)29-21/h2-9,14H,10-13,15H2,1H3. The van der Waals surface area contributed by atoms with Crippen LogP contribution in [-0.2, 0) is 11.3 Å². The molecular formula is C22H22BrN3O2S. The van der Waals surface area contributed by atoms with E-state index in [4.69, 9.17) is 9.72 Å². The van der Waals surface area contributed by atoms with E-state index in [9.17, 15) is 4.79 Å². The Bertz CT molecular complexity index is 1010. The van der Waals surface area contributed by atoms with Crippen molar-refractivity contribution in [2.24, 2.45) is 0 Å². The Hall–Kier alpha value is -2.22. The first-order chi connectivity index (χ1) is 14.1. The van der Waals surface area contributed by atoms with Crippen molar-refractivity contribution in [2.45, 2.75) is 6.54 Å². The first-order valence-corrected chi connectivity index (χ1v) is 11.1. The molecule has 1 saturated heterocycles. The van der Waals surface area contributed by atoms with E-state index in [1.165, 1.54) is 4.70 Å². The fourth-order valence-corrected chi connectivity index (χ4v) is 4.80. The molecule has 0 bridgehead atoms. The smallest absolute Gasteiger partial charge is 0.246 e. The number of nitrogens with zero attached hydrogens (tertiary/aromatic N) is 3. The second-order valence-corrected chi connectivity index (χ2v) is 8.93. The van der Waals surface area contributed by atoms with E-state index in [-0.39, 0.29) is 5.91 Å². The average Bonchev–Trinajstić information content (AvgIpc) is 3.15. The lowest BCUT2D eigenvalue weighted by Gasteiger charge is -2.33. The number of hydrogen-bond acceptors (Lipinski definition) is 5. The normalized spacial score (nSPS) is 15.3. The van der Waals surface area contributed by atoms with Crippen LogP contribution < -0.4 is 4.74 Å². The Labute approximate surface area is 182 Å². The lowest BCUT2D eigenvalue weighted by Crippen LogP contribution is -2.47. The molecule has 1 aliphatic heterocycles. The van der Waals surface area contributed by atoms with Crippen molar-refractivity contribution in [1.82, 2.24) is 14.8 Å². The van der Waals surface area contributed by atoms with Gasteiger partial charge in [0, 0.05) is 42.3 Å². The highest BCUT2D eigenvalue weighted by molar-refractivity contribution is 9.10. The van der Waals surface area contributed by atoms with E-state index in [0.717, 1.165) is 59.0 Å². The minimum atomic E-state index is 0.0339. The zero-order chi connectivity index (χ0) is 20.2. The molecule has 0 radical (unpaired) electrons. The highest BCUT2D eigenvalue weighted by atomic mass is 79.9. The second kappa shape index (κ2) is 9.07. The van der Waals surface area contributed by atoms with Crippen LogP contribution in [0.1, 0.15) is 10.6 Å². The highest BCUT2D eigenvalue weighted by Crippen LogP contribution is 2.25. The van der Waals surface area contributed by atoms with Gasteiger partial charge in [-0.25, -0.2) is 4.98 Å². The number of carbonyl (C=O) groups excluding carboxylic acids is 1. The van der Waals surface area contributed by atoms with Gasteiger partial charge in [-0.15, -0.1) is 11.3 Å². The molecule has 7 heteroatoms. The minimum absolute atomic E-state index is 0.0339. The summed E-state index contributed by atoms with van der Waals surface area (Å²) >= 11 is 5.21. The van der Waals surface area contributed by atoms with Crippen LogP contribution in [0, 0.1) is 0 Å². The molecule has 2 heterocycles. The van der Waals surface area contributed by atoms with E-state index in [1.807, 2.05) is 41.3 Å². The number of ether oxygens (including phenoxy) is 1. The van der Waals surface area contributed by atoms with E-state index < -0.39 is 0 Å². The van der Waals surface area contributed by atoms with Gasteiger partial charge >= 0.3 is 0 Å². The number of carbonyl (C=O) groups is 1. The minimum Gasteiger partial charge on any atom is -0.496 e. The number of amides is 1. The zero-order valence-electron chi connectivity index (χ0n) is 16.2. The molecule has 1 fully saturated rings. The number of rotatable bonds is 5. The molecule has 29 heavy (non-hydrogen) atoms. The Kier molecular flexibility index (Phi) is 6.28. The molecular weight excluding hydrogens is 450 g/mol. The van der Waals surface area contributed by atoms with Crippen molar-refractivity contribution in [3.63, 3.8) is 0 Å². The number of fused-ring (bicyclic) bond motifs is 1. The summed E-state index contributed by atoms with van der Waals surface area (Å²) in [6.45, 7) is 4.01. The number of methoxy groups -OCH3 is 1. The Morgan fingerprint density at radius 1 is 1.21 bits per heavy atom. The van der Waals surface area contributed by atoms with Crippen LogP contribution in [0.2, 0.25) is 0 Å². The molecule has 4 rings (SSSR count). The van der Waals surface area contributed by atoms with Crippen LogP contribution in [0.15, 0.2) is 53.0 Å². The predicted molar refractivity (Wildman–Crippen MR) is 121 cm³/mol. The van der Waals surface area contributed by atoms with Gasteiger partial charge < -0.3 is 9.64 Å². The highest BCUT2D eigenvalue weighted by Gasteiger charge is 2.20. The maximum atomic E-state index is 12.6. The maximum Gasteiger partial charge on any atom is 0.246 e. The third-order valence-corrected chi connectivity index (χ3v) is 6.49. The Morgan fingerprint density at radius 2 is 2.00 bits per heavy atom. The van der Waals surface area contributed by atoms with Crippen LogP contribution in [0.3, 0.4) is 0 Å². The topological polar surface area (TPSA) is 45.7 Å². The number of aromatic nitrogens is 1. The molecule has 0 atom stereocenters. The summed E-state index contributed by atoms with van der Waals surface area (Å²) in [5.74, 6) is 0.782. The maximum absolute atomic E-state index is 12.6. The second-order valence-electron chi connectivity index (χ2n) is 6.90. The summed E-state index contributed by atoms with van der Waals surface area (Å²) in [5.41, 5.74) is 1.94. The summed E-state index contributed by atoms with van der Waals surface area (Å²) in [6.07, 6.45) is 3.45. The molecule has 2 aromatic carbocycles. The monoisotopic (exact) mass is 471 g/mol. The molecule has 1 aliphatic rings.